The number of morpholine rings is 1. The molecule has 2 atom stereocenters. The fourth-order valence-corrected chi connectivity index (χ4v) is 2.49. The predicted octanol–water partition coefficient (Wildman–Crippen LogP) is 2.16. The van der Waals surface area contributed by atoms with Crippen LogP contribution in [0.25, 0.3) is 0 Å². The maximum Gasteiger partial charge on any atom is 0.146 e. The summed E-state index contributed by atoms with van der Waals surface area (Å²) < 4.78 is 19.6. The normalized spacial score (nSPS) is 24.3. The van der Waals surface area contributed by atoms with E-state index >= 15 is 0 Å². The van der Waals surface area contributed by atoms with E-state index in [4.69, 9.17) is 4.74 Å². The zero-order chi connectivity index (χ0) is 13.1. The van der Waals surface area contributed by atoms with E-state index in [0.29, 0.717) is 5.69 Å². The molecule has 1 fully saturated rings. The number of rotatable bonds is 3. The van der Waals surface area contributed by atoms with Crippen LogP contribution in [0.2, 0.25) is 0 Å². The molecular weight excluding hydrogens is 231 g/mol. The monoisotopic (exact) mass is 252 g/mol. The molecule has 0 saturated carbocycles. The quantitative estimate of drug-likeness (QED) is 0.892. The molecule has 0 aliphatic carbocycles. The van der Waals surface area contributed by atoms with Crippen LogP contribution in [-0.4, -0.2) is 32.3 Å². The zero-order valence-electron chi connectivity index (χ0n) is 11.2. The second kappa shape index (κ2) is 5.67. The molecule has 18 heavy (non-hydrogen) atoms. The summed E-state index contributed by atoms with van der Waals surface area (Å²) in [5.41, 5.74) is 1.78. The highest BCUT2D eigenvalue weighted by Gasteiger charge is 2.24. The fourth-order valence-electron chi connectivity index (χ4n) is 2.49. The third kappa shape index (κ3) is 3.00. The molecule has 1 aromatic carbocycles. The highest BCUT2D eigenvalue weighted by molar-refractivity contribution is 5.50. The minimum absolute atomic E-state index is 0.140. The molecule has 0 spiro atoms. The molecular formula is C14H21FN2O. The molecule has 1 aromatic rings. The van der Waals surface area contributed by atoms with Crippen LogP contribution >= 0.6 is 0 Å². The summed E-state index contributed by atoms with van der Waals surface area (Å²) in [5.74, 6) is -0.156. The van der Waals surface area contributed by atoms with Crippen molar-refractivity contribution in [3.05, 3.63) is 29.6 Å². The minimum Gasteiger partial charge on any atom is -0.372 e. The second-order valence-corrected chi connectivity index (χ2v) is 4.98. The maximum absolute atomic E-state index is 13.9. The van der Waals surface area contributed by atoms with Crippen molar-refractivity contribution in [2.45, 2.75) is 32.6 Å². The Hall–Kier alpha value is -1.13. The summed E-state index contributed by atoms with van der Waals surface area (Å²) in [7, 11) is 1.89. The standard InChI is InChI=1S/C14H21FN2O/c1-10-8-17(9-11(2)18-10)14-6-12(7-16-3)4-5-13(14)15/h4-6,10-11,16H,7-9H2,1-3H3. The minimum atomic E-state index is -0.156. The van der Waals surface area contributed by atoms with Crippen LogP contribution in [0.4, 0.5) is 10.1 Å². The van der Waals surface area contributed by atoms with Crippen molar-refractivity contribution in [2.24, 2.45) is 0 Å². The van der Waals surface area contributed by atoms with E-state index in [0.717, 1.165) is 25.2 Å². The third-order valence-electron chi connectivity index (χ3n) is 3.15. The van der Waals surface area contributed by atoms with E-state index in [-0.39, 0.29) is 18.0 Å². The van der Waals surface area contributed by atoms with Crippen LogP contribution in [0.1, 0.15) is 19.4 Å². The first-order valence-electron chi connectivity index (χ1n) is 6.43. The van der Waals surface area contributed by atoms with Crippen molar-refractivity contribution < 1.29 is 9.13 Å². The molecule has 0 radical (unpaired) electrons. The van der Waals surface area contributed by atoms with Crippen molar-refractivity contribution in [2.75, 3.05) is 25.0 Å². The Morgan fingerprint density at radius 3 is 2.61 bits per heavy atom. The first-order valence-corrected chi connectivity index (χ1v) is 6.43. The molecule has 1 saturated heterocycles. The topological polar surface area (TPSA) is 24.5 Å². The summed E-state index contributed by atoms with van der Waals surface area (Å²) in [4.78, 5) is 2.08. The molecule has 2 rings (SSSR count). The molecule has 1 aliphatic heterocycles. The van der Waals surface area contributed by atoms with E-state index in [1.165, 1.54) is 0 Å². The van der Waals surface area contributed by atoms with E-state index in [1.807, 2.05) is 33.0 Å². The van der Waals surface area contributed by atoms with Gasteiger partial charge in [0.1, 0.15) is 5.82 Å². The van der Waals surface area contributed by atoms with Crippen molar-refractivity contribution in [3.8, 4) is 0 Å². The van der Waals surface area contributed by atoms with E-state index in [1.54, 1.807) is 6.07 Å². The lowest BCUT2D eigenvalue weighted by Crippen LogP contribution is -2.45. The third-order valence-corrected chi connectivity index (χ3v) is 3.15. The molecule has 2 unspecified atom stereocenters. The van der Waals surface area contributed by atoms with Crippen LogP contribution in [0.5, 0.6) is 0 Å². The van der Waals surface area contributed by atoms with Crippen LogP contribution in [0.3, 0.4) is 0 Å². The van der Waals surface area contributed by atoms with Crippen LogP contribution < -0.4 is 10.2 Å². The Morgan fingerprint density at radius 2 is 2.00 bits per heavy atom. The largest absolute Gasteiger partial charge is 0.372 e. The summed E-state index contributed by atoms with van der Waals surface area (Å²) >= 11 is 0. The number of ether oxygens (including phenoxy) is 1. The molecule has 0 aromatic heterocycles. The number of nitrogens with zero attached hydrogens (tertiary/aromatic N) is 1. The average molecular weight is 252 g/mol. The zero-order valence-corrected chi connectivity index (χ0v) is 11.2. The summed E-state index contributed by atoms with van der Waals surface area (Å²) in [6, 6.07) is 5.30. The highest BCUT2D eigenvalue weighted by Crippen LogP contribution is 2.24. The summed E-state index contributed by atoms with van der Waals surface area (Å²) in [6.45, 7) is 6.29. The molecule has 0 amide bonds. The number of halogens is 1. The van der Waals surface area contributed by atoms with Crippen molar-refractivity contribution in [1.29, 1.82) is 0 Å². The van der Waals surface area contributed by atoms with Gasteiger partial charge in [-0.2, -0.15) is 0 Å². The Balaban J connectivity index is 2.22. The first kappa shape index (κ1) is 13.3. The van der Waals surface area contributed by atoms with E-state index < -0.39 is 0 Å². The van der Waals surface area contributed by atoms with Crippen LogP contribution in [0.15, 0.2) is 18.2 Å². The second-order valence-electron chi connectivity index (χ2n) is 4.98. The molecule has 0 bridgehead atoms. The Bertz CT molecular complexity index is 401. The lowest BCUT2D eigenvalue weighted by atomic mass is 10.1. The van der Waals surface area contributed by atoms with Gasteiger partial charge in [0.2, 0.25) is 0 Å². The molecule has 4 heteroatoms. The Morgan fingerprint density at radius 1 is 1.33 bits per heavy atom. The molecule has 1 aliphatic rings. The smallest absolute Gasteiger partial charge is 0.146 e. The summed E-state index contributed by atoms with van der Waals surface area (Å²) in [5, 5.41) is 3.09. The van der Waals surface area contributed by atoms with Gasteiger partial charge >= 0.3 is 0 Å². The number of anilines is 1. The van der Waals surface area contributed by atoms with E-state index in [2.05, 4.69) is 10.2 Å². The molecule has 1 N–H and O–H groups in total. The summed E-state index contributed by atoms with van der Waals surface area (Å²) in [6.07, 6.45) is 0.280. The van der Waals surface area contributed by atoms with Gasteiger partial charge in [-0.3, -0.25) is 0 Å². The Labute approximate surface area is 108 Å². The van der Waals surface area contributed by atoms with Gasteiger partial charge in [0.25, 0.3) is 0 Å². The SMILES string of the molecule is CNCc1ccc(F)c(N2CC(C)OC(C)C2)c1. The van der Waals surface area contributed by atoms with Gasteiger partial charge in [0, 0.05) is 19.6 Å². The maximum atomic E-state index is 13.9. The lowest BCUT2D eigenvalue weighted by molar-refractivity contribution is -0.00539. The van der Waals surface area contributed by atoms with Gasteiger partial charge in [-0.05, 0) is 38.6 Å². The molecule has 3 nitrogen and oxygen atoms in total. The van der Waals surface area contributed by atoms with Crippen molar-refractivity contribution in [3.63, 3.8) is 0 Å². The van der Waals surface area contributed by atoms with Crippen LogP contribution in [-0.2, 0) is 11.3 Å². The van der Waals surface area contributed by atoms with Gasteiger partial charge in [-0.15, -0.1) is 0 Å². The van der Waals surface area contributed by atoms with Crippen LogP contribution in [0, 0.1) is 5.82 Å². The van der Waals surface area contributed by atoms with Gasteiger partial charge < -0.3 is 15.0 Å². The fraction of sp³-hybridized carbons (Fsp3) is 0.571. The number of hydrogen-bond donors (Lipinski definition) is 1. The van der Waals surface area contributed by atoms with E-state index in [9.17, 15) is 4.39 Å². The van der Waals surface area contributed by atoms with Gasteiger partial charge in [-0.1, -0.05) is 6.07 Å². The van der Waals surface area contributed by atoms with Crippen molar-refractivity contribution >= 4 is 5.69 Å². The Kier molecular flexibility index (Phi) is 4.19. The van der Waals surface area contributed by atoms with Gasteiger partial charge in [0.15, 0.2) is 0 Å². The number of hydrogen-bond acceptors (Lipinski definition) is 3. The number of nitrogens with one attached hydrogen (secondary N) is 1. The first-order chi connectivity index (χ1) is 8.60. The van der Waals surface area contributed by atoms with Gasteiger partial charge in [0.05, 0.1) is 17.9 Å². The number of benzene rings is 1. The van der Waals surface area contributed by atoms with Crippen molar-refractivity contribution in [1.82, 2.24) is 5.32 Å². The average Bonchev–Trinajstić information content (AvgIpc) is 2.30. The molecule has 1 heterocycles. The lowest BCUT2D eigenvalue weighted by Gasteiger charge is -2.37. The highest BCUT2D eigenvalue weighted by atomic mass is 19.1. The predicted molar refractivity (Wildman–Crippen MR) is 71.4 cm³/mol. The molecule has 100 valence electrons. The van der Waals surface area contributed by atoms with Gasteiger partial charge in [-0.25, -0.2) is 4.39 Å².